The average molecular weight is 271 g/mol. The third kappa shape index (κ3) is 4.16. The van der Waals surface area contributed by atoms with E-state index in [-0.39, 0.29) is 12.6 Å². The molecule has 0 radical (unpaired) electrons. The molecule has 0 aliphatic rings. The van der Waals surface area contributed by atoms with Gasteiger partial charge in [0.05, 0.1) is 17.3 Å². The maximum absolute atomic E-state index is 9.16. The number of aliphatic hydroxyl groups excluding tert-OH is 1. The number of hydrogen-bond acceptors (Lipinski definition) is 3. The molecule has 0 aliphatic heterocycles. The Morgan fingerprint density at radius 1 is 1.44 bits per heavy atom. The highest BCUT2D eigenvalue weighted by Crippen LogP contribution is 2.27. The van der Waals surface area contributed by atoms with Gasteiger partial charge >= 0.3 is 0 Å². The largest absolute Gasteiger partial charge is 0.394 e. The lowest BCUT2D eigenvalue weighted by Crippen LogP contribution is -2.32. The second-order valence-corrected chi connectivity index (χ2v) is 5.01. The molecule has 0 saturated heterocycles. The summed E-state index contributed by atoms with van der Waals surface area (Å²) >= 11 is 6.29. The number of halogens is 1. The number of aliphatic hydroxyl groups is 1. The third-order valence-electron chi connectivity index (χ3n) is 3.07. The molecule has 0 aromatic heterocycles. The maximum atomic E-state index is 9.16. The van der Waals surface area contributed by atoms with Crippen LogP contribution < -0.4 is 10.2 Å². The molecule has 1 aromatic rings. The lowest BCUT2D eigenvalue weighted by atomic mass is 10.1. The van der Waals surface area contributed by atoms with E-state index in [0.29, 0.717) is 0 Å². The molecule has 1 unspecified atom stereocenters. The number of rotatable bonds is 7. The highest BCUT2D eigenvalue weighted by atomic mass is 35.5. The van der Waals surface area contributed by atoms with Crippen molar-refractivity contribution in [2.24, 2.45) is 0 Å². The molecule has 0 spiro atoms. The quantitative estimate of drug-likeness (QED) is 0.748. The van der Waals surface area contributed by atoms with Crippen LogP contribution in [0.15, 0.2) is 18.2 Å². The summed E-state index contributed by atoms with van der Waals surface area (Å²) in [4.78, 5) is 1.99. The van der Waals surface area contributed by atoms with Gasteiger partial charge in [0, 0.05) is 19.6 Å². The van der Waals surface area contributed by atoms with Crippen molar-refractivity contribution in [3.63, 3.8) is 0 Å². The number of nitrogens with zero attached hydrogens (tertiary/aromatic N) is 1. The molecule has 3 nitrogen and oxygen atoms in total. The number of anilines is 1. The summed E-state index contributed by atoms with van der Waals surface area (Å²) < 4.78 is 0. The summed E-state index contributed by atoms with van der Waals surface area (Å²) in [6.45, 7) is 6.09. The number of nitrogens with one attached hydrogen (secondary N) is 1. The third-order valence-corrected chi connectivity index (χ3v) is 3.38. The Hall–Kier alpha value is -0.770. The van der Waals surface area contributed by atoms with Crippen LogP contribution in [0.5, 0.6) is 0 Å². The van der Waals surface area contributed by atoms with Crippen molar-refractivity contribution in [3.05, 3.63) is 28.8 Å². The molecular formula is C14H23ClN2O. The minimum atomic E-state index is 0.0616. The van der Waals surface area contributed by atoms with E-state index < -0.39 is 0 Å². The van der Waals surface area contributed by atoms with Crippen LogP contribution >= 0.6 is 11.6 Å². The highest BCUT2D eigenvalue weighted by molar-refractivity contribution is 6.33. The molecule has 1 atom stereocenters. The Kier molecular flexibility index (Phi) is 6.47. The molecule has 102 valence electrons. The van der Waals surface area contributed by atoms with Gasteiger partial charge in [-0.25, -0.2) is 0 Å². The van der Waals surface area contributed by atoms with Gasteiger partial charge in [-0.15, -0.1) is 0 Å². The summed E-state index contributed by atoms with van der Waals surface area (Å²) in [6, 6.07) is 6.13. The fraction of sp³-hybridized carbons (Fsp3) is 0.571. The Morgan fingerprint density at radius 2 is 2.17 bits per heavy atom. The number of benzene rings is 1. The summed E-state index contributed by atoms with van der Waals surface area (Å²) in [7, 11) is 1.94. The van der Waals surface area contributed by atoms with Crippen molar-refractivity contribution in [1.29, 1.82) is 0 Å². The molecule has 0 fully saturated rings. The molecule has 0 aliphatic carbocycles. The van der Waals surface area contributed by atoms with Gasteiger partial charge in [-0.1, -0.05) is 24.6 Å². The maximum Gasteiger partial charge on any atom is 0.0642 e. The lowest BCUT2D eigenvalue weighted by molar-refractivity contribution is 0.270. The first-order valence-corrected chi connectivity index (χ1v) is 6.80. The van der Waals surface area contributed by atoms with Gasteiger partial charge in [-0.05, 0) is 37.6 Å². The molecule has 0 saturated carbocycles. The zero-order valence-electron chi connectivity index (χ0n) is 11.4. The molecular weight excluding hydrogens is 248 g/mol. The lowest BCUT2D eigenvalue weighted by Gasteiger charge is -2.26. The Labute approximate surface area is 115 Å². The van der Waals surface area contributed by atoms with Gasteiger partial charge in [0.1, 0.15) is 0 Å². The molecule has 0 amide bonds. The van der Waals surface area contributed by atoms with E-state index >= 15 is 0 Å². The summed E-state index contributed by atoms with van der Waals surface area (Å²) in [5.41, 5.74) is 2.14. The zero-order chi connectivity index (χ0) is 13.5. The van der Waals surface area contributed by atoms with Gasteiger partial charge in [0.2, 0.25) is 0 Å². The van der Waals surface area contributed by atoms with Crippen LogP contribution in [0.25, 0.3) is 0 Å². The first-order chi connectivity index (χ1) is 8.60. The van der Waals surface area contributed by atoms with Gasteiger partial charge in [-0.2, -0.15) is 0 Å². The van der Waals surface area contributed by atoms with E-state index in [9.17, 15) is 0 Å². The molecule has 0 bridgehead atoms. The molecule has 4 heteroatoms. The summed E-state index contributed by atoms with van der Waals surface area (Å²) in [5.74, 6) is 0. The van der Waals surface area contributed by atoms with E-state index in [1.165, 1.54) is 5.56 Å². The van der Waals surface area contributed by atoms with Crippen LogP contribution in [-0.4, -0.2) is 31.3 Å². The molecule has 2 N–H and O–H groups in total. The van der Waals surface area contributed by atoms with Gasteiger partial charge in [0.15, 0.2) is 0 Å². The number of hydrogen-bond donors (Lipinski definition) is 2. The minimum absolute atomic E-state index is 0.0616. The van der Waals surface area contributed by atoms with Gasteiger partial charge in [-0.3, -0.25) is 0 Å². The summed E-state index contributed by atoms with van der Waals surface area (Å²) in [6.07, 6.45) is 1.13. The van der Waals surface area contributed by atoms with Gasteiger partial charge < -0.3 is 15.3 Å². The molecule has 1 rings (SSSR count). The van der Waals surface area contributed by atoms with E-state index in [1.807, 2.05) is 31.0 Å². The van der Waals surface area contributed by atoms with E-state index in [1.54, 1.807) is 0 Å². The predicted molar refractivity (Wildman–Crippen MR) is 78.4 cm³/mol. The van der Waals surface area contributed by atoms with Crippen molar-refractivity contribution < 1.29 is 5.11 Å². The second kappa shape index (κ2) is 7.62. The minimum Gasteiger partial charge on any atom is -0.394 e. The van der Waals surface area contributed by atoms with Crippen molar-refractivity contribution in [2.75, 3.05) is 25.1 Å². The van der Waals surface area contributed by atoms with Crippen molar-refractivity contribution in [2.45, 2.75) is 32.9 Å². The van der Waals surface area contributed by atoms with Crippen molar-refractivity contribution in [3.8, 4) is 0 Å². The highest BCUT2D eigenvalue weighted by Gasteiger charge is 2.12. The van der Waals surface area contributed by atoms with E-state index in [0.717, 1.165) is 30.2 Å². The molecule has 1 aromatic carbocycles. The monoisotopic (exact) mass is 270 g/mol. The first-order valence-electron chi connectivity index (χ1n) is 6.43. The number of likely N-dealkylation sites (N-methyl/N-ethyl adjacent to an activating group) is 1. The standard InChI is InChI=1S/C14H23ClN2O/c1-4-7-16-9-12-5-6-14(13(15)8-12)17(3)11(2)10-18/h5-6,8,11,16,18H,4,7,9-10H2,1-3H3. The van der Waals surface area contributed by atoms with Crippen molar-refractivity contribution in [1.82, 2.24) is 5.32 Å². The van der Waals surface area contributed by atoms with Crippen LogP contribution in [0.2, 0.25) is 5.02 Å². The van der Waals surface area contributed by atoms with E-state index in [2.05, 4.69) is 18.3 Å². The fourth-order valence-corrected chi connectivity index (χ4v) is 2.05. The Bertz CT molecular complexity index is 371. The Balaban J connectivity index is 2.73. The van der Waals surface area contributed by atoms with Crippen LogP contribution in [0.4, 0.5) is 5.69 Å². The fourth-order valence-electron chi connectivity index (χ4n) is 1.72. The topological polar surface area (TPSA) is 35.5 Å². The van der Waals surface area contributed by atoms with Crippen LogP contribution in [-0.2, 0) is 6.54 Å². The second-order valence-electron chi connectivity index (χ2n) is 4.61. The van der Waals surface area contributed by atoms with Crippen LogP contribution in [0.3, 0.4) is 0 Å². The van der Waals surface area contributed by atoms with Crippen LogP contribution in [0, 0.1) is 0 Å². The summed E-state index contributed by atoms with van der Waals surface area (Å²) in [5, 5.41) is 13.2. The smallest absolute Gasteiger partial charge is 0.0642 e. The molecule has 18 heavy (non-hydrogen) atoms. The SMILES string of the molecule is CCCNCc1ccc(N(C)C(C)CO)c(Cl)c1. The normalized spacial score (nSPS) is 12.5. The Morgan fingerprint density at radius 3 is 2.72 bits per heavy atom. The van der Waals surface area contributed by atoms with Crippen molar-refractivity contribution >= 4 is 17.3 Å². The molecule has 0 heterocycles. The zero-order valence-corrected chi connectivity index (χ0v) is 12.2. The predicted octanol–water partition coefficient (Wildman–Crippen LogP) is 2.66. The van der Waals surface area contributed by atoms with Gasteiger partial charge in [0.25, 0.3) is 0 Å². The van der Waals surface area contributed by atoms with E-state index in [4.69, 9.17) is 16.7 Å². The average Bonchev–Trinajstić information content (AvgIpc) is 2.37. The first kappa shape index (κ1) is 15.3. The van der Waals surface area contributed by atoms with Crippen LogP contribution in [0.1, 0.15) is 25.8 Å².